The molecule has 0 saturated heterocycles. The van der Waals surface area contributed by atoms with E-state index in [1.54, 1.807) is 27.8 Å². The summed E-state index contributed by atoms with van der Waals surface area (Å²) in [6.07, 6.45) is 2.25. The highest BCUT2D eigenvalue weighted by molar-refractivity contribution is 8.76. The van der Waals surface area contributed by atoms with Crippen LogP contribution in [-0.4, -0.2) is 62.9 Å². The van der Waals surface area contributed by atoms with Crippen LogP contribution in [0.3, 0.4) is 0 Å². The van der Waals surface area contributed by atoms with Gasteiger partial charge in [-0.25, -0.2) is 4.98 Å². The second-order valence-electron chi connectivity index (χ2n) is 4.35. The van der Waals surface area contributed by atoms with Crippen LogP contribution >= 0.6 is 21.6 Å². The monoisotopic (exact) mass is 357 g/mol. The standard InChI is InChI=1S/C15H23N3O3S2/c1-16-7-9-20-11-12-21-10-8-17-14(19)5-13-22-23-15-4-2-3-6-18-15/h2-4,6H,1,5,7-13H2,(H,17,19). The van der Waals surface area contributed by atoms with E-state index in [0.717, 1.165) is 10.8 Å². The SMILES string of the molecule is C=NCCOCCOCCNC(=O)CCSSc1ccccn1. The lowest BCUT2D eigenvalue weighted by Crippen LogP contribution is -2.27. The number of nitrogens with zero attached hydrogens (tertiary/aromatic N) is 2. The molecule has 0 fully saturated rings. The van der Waals surface area contributed by atoms with Gasteiger partial charge in [0.1, 0.15) is 5.03 Å². The van der Waals surface area contributed by atoms with Gasteiger partial charge >= 0.3 is 0 Å². The molecule has 0 unspecified atom stereocenters. The van der Waals surface area contributed by atoms with E-state index in [1.165, 1.54) is 0 Å². The fourth-order valence-corrected chi connectivity index (χ4v) is 3.30. The molecule has 1 rings (SSSR count). The normalized spacial score (nSPS) is 10.4. The van der Waals surface area contributed by atoms with E-state index in [0.29, 0.717) is 45.9 Å². The molecule has 1 aromatic rings. The van der Waals surface area contributed by atoms with Gasteiger partial charge in [-0.2, -0.15) is 0 Å². The molecule has 1 amide bonds. The van der Waals surface area contributed by atoms with Crippen molar-refractivity contribution in [3.63, 3.8) is 0 Å². The van der Waals surface area contributed by atoms with Crippen molar-refractivity contribution in [1.82, 2.24) is 10.3 Å². The molecule has 0 aliphatic carbocycles. The van der Waals surface area contributed by atoms with Crippen molar-refractivity contribution >= 4 is 34.2 Å². The second kappa shape index (κ2) is 14.5. The van der Waals surface area contributed by atoms with Crippen molar-refractivity contribution in [1.29, 1.82) is 0 Å². The molecule has 128 valence electrons. The van der Waals surface area contributed by atoms with Gasteiger partial charge in [-0.1, -0.05) is 16.9 Å². The van der Waals surface area contributed by atoms with Gasteiger partial charge in [-0.15, -0.1) is 0 Å². The van der Waals surface area contributed by atoms with Crippen LogP contribution in [0.4, 0.5) is 0 Å². The number of aromatic nitrogens is 1. The van der Waals surface area contributed by atoms with Gasteiger partial charge in [0.15, 0.2) is 0 Å². The van der Waals surface area contributed by atoms with Crippen molar-refractivity contribution in [2.24, 2.45) is 4.99 Å². The summed E-state index contributed by atoms with van der Waals surface area (Å²) in [4.78, 5) is 19.5. The van der Waals surface area contributed by atoms with Crippen LogP contribution < -0.4 is 5.32 Å². The zero-order chi connectivity index (χ0) is 16.6. The van der Waals surface area contributed by atoms with E-state index >= 15 is 0 Å². The fourth-order valence-electron chi connectivity index (χ4n) is 1.43. The second-order valence-corrected chi connectivity index (χ2v) is 6.78. The molecular weight excluding hydrogens is 334 g/mol. The highest BCUT2D eigenvalue weighted by Gasteiger charge is 2.02. The summed E-state index contributed by atoms with van der Waals surface area (Å²) >= 11 is 0. The Morgan fingerprint density at radius 2 is 2.09 bits per heavy atom. The third-order valence-corrected chi connectivity index (χ3v) is 4.80. The van der Waals surface area contributed by atoms with Crippen molar-refractivity contribution < 1.29 is 14.3 Å². The number of rotatable bonds is 14. The van der Waals surface area contributed by atoms with Gasteiger partial charge in [0, 0.05) is 24.9 Å². The summed E-state index contributed by atoms with van der Waals surface area (Å²) in [6, 6.07) is 5.78. The van der Waals surface area contributed by atoms with Crippen LogP contribution in [0.15, 0.2) is 34.4 Å². The number of carbonyl (C=O) groups excluding carboxylic acids is 1. The van der Waals surface area contributed by atoms with Crippen molar-refractivity contribution in [3.05, 3.63) is 24.4 Å². The van der Waals surface area contributed by atoms with E-state index in [4.69, 9.17) is 9.47 Å². The molecule has 0 saturated carbocycles. The lowest BCUT2D eigenvalue weighted by Gasteiger charge is -2.06. The molecular formula is C15H23N3O3S2. The Morgan fingerprint density at radius 1 is 1.26 bits per heavy atom. The van der Waals surface area contributed by atoms with Crippen molar-refractivity contribution in [3.8, 4) is 0 Å². The molecule has 1 aromatic heterocycles. The smallest absolute Gasteiger partial charge is 0.220 e. The molecule has 0 atom stereocenters. The molecule has 0 bridgehead atoms. The van der Waals surface area contributed by atoms with Crippen LogP contribution in [0.25, 0.3) is 0 Å². The summed E-state index contributed by atoms with van der Waals surface area (Å²) in [6.45, 7) is 6.60. The minimum absolute atomic E-state index is 0.0380. The van der Waals surface area contributed by atoms with E-state index in [2.05, 4.69) is 22.0 Å². The van der Waals surface area contributed by atoms with Gasteiger partial charge in [0.2, 0.25) is 5.91 Å². The summed E-state index contributed by atoms with van der Waals surface area (Å²) in [5.41, 5.74) is 0. The van der Waals surface area contributed by atoms with Gasteiger partial charge < -0.3 is 14.8 Å². The zero-order valence-electron chi connectivity index (χ0n) is 13.1. The molecule has 0 aliphatic heterocycles. The topological polar surface area (TPSA) is 72.8 Å². The number of aliphatic imine (C=N–C) groups is 1. The third-order valence-electron chi connectivity index (χ3n) is 2.53. The minimum Gasteiger partial charge on any atom is -0.377 e. The first-order valence-corrected chi connectivity index (χ1v) is 9.70. The molecule has 0 radical (unpaired) electrons. The van der Waals surface area contributed by atoms with Crippen molar-refractivity contribution in [2.75, 3.05) is 45.3 Å². The molecule has 0 aromatic carbocycles. The molecule has 1 N–H and O–H groups in total. The molecule has 6 nitrogen and oxygen atoms in total. The average Bonchev–Trinajstić information content (AvgIpc) is 2.58. The summed E-state index contributed by atoms with van der Waals surface area (Å²) in [5, 5.41) is 3.78. The molecule has 8 heteroatoms. The first-order valence-electron chi connectivity index (χ1n) is 7.38. The first-order chi connectivity index (χ1) is 11.3. The minimum atomic E-state index is 0.0380. The molecule has 0 spiro atoms. The number of nitrogens with one attached hydrogen (secondary N) is 1. The number of ether oxygens (including phenoxy) is 2. The number of hydrogen-bond donors (Lipinski definition) is 1. The third kappa shape index (κ3) is 12.1. The van der Waals surface area contributed by atoms with E-state index in [1.807, 2.05) is 18.2 Å². The lowest BCUT2D eigenvalue weighted by atomic mass is 10.4. The molecule has 23 heavy (non-hydrogen) atoms. The Morgan fingerprint density at radius 3 is 2.83 bits per heavy atom. The predicted octanol–water partition coefficient (Wildman–Crippen LogP) is 2.06. The molecule has 1 heterocycles. The van der Waals surface area contributed by atoms with Crippen LogP contribution in [-0.2, 0) is 14.3 Å². The Kier molecular flexibility index (Phi) is 12.6. The number of carbonyl (C=O) groups is 1. The predicted molar refractivity (Wildman–Crippen MR) is 96.2 cm³/mol. The van der Waals surface area contributed by atoms with E-state index in [-0.39, 0.29) is 5.91 Å². The quantitative estimate of drug-likeness (QED) is 0.312. The summed E-state index contributed by atoms with van der Waals surface area (Å²) in [7, 11) is 3.21. The summed E-state index contributed by atoms with van der Waals surface area (Å²) < 4.78 is 10.6. The van der Waals surface area contributed by atoms with Crippen LogP contribution in [0, 0.1) is 0 Å². The number of pyridine rings is 1. The Hall–Kier alpha value is -1.09. The highest BCUT2D eigenvalue weighted by Crippen LogP contribution is 2.29. The van der Waals surface area contributed by atoms with Gasteiger partial charge in [0.05, 0.1) is 33.0 Å². The Balaban J connectivity index is 1.86. The van der Waals surface area contributed by atoms with Crippen LogP contribution in [0.2, 0.25) is 0 Å². The Labute approximate surface area is 145 Å². The lowest BCUT2D eigenvalue weighted by molar-refractivity contribution is -0.120. The number of hydrogen-bond acceptors (Lipinski definition) is 7. The number of amides is 1. The summed E-state index contributed by atoms with van der Waals surface area (Å²) in [5.74, 6) is 0.787. The van der Waals surface area contributed by atoms with Crippen LogP contribution in [0.5, 0.6) is 0 Å². The Bertz CT molecular complexity index is 435. The molecule has 0 aliphatic rings. The van der Waals surface area contributed by atoms with Gasteiger partial charge in [-0.05, 0) is 29.6 Å². The van der Waals surface area contributed by atoms with Gasteiger partial charge in [0.25, 0.3) is 0 Å². The van der Waals surface area contributed by atoms with Crippen LogP contribution in [0.1, 0.15) is 6.42 Å². The van der Waals surface area contributed by atoms with Gasteiger partial charge in [-0.3, -0.25) is 9.79 Å². The maximum atomic E-state index is 11.6. The van der Waals surface area contributed by atoms with Crippen molar-refractivity contribution in [2.45, 2.75) is 11.4 Å². The van der Waals surface area contributed by atoms with E-state index in [9.17, 15) is 4.79 Å². The first kappa shape index (κ1) is 20.0. The fraction of sp³-hybridized carbons (Fsp3) is 0.533. The highest BCUT2D eigenvalue weighted by atomic mass is 33.1. The maximum absolute atomic E-state index is 11.6. The average molecular weight is 358 g/mol. The van der Waals surface area contributed by atoms with E-state index < -0.39 is 0 Å². The zero-order valence-corrected chi connectivity index (χ0v) is 14.7. The largest absolute Gasteiger partial charge is 0.377 e. The maximum Gasteiger partial charge on any atom is 0.220 e.